The Bertz CT molecular complexity index is 831. The van der Waals surface area contributed by atoms with Gasteiger partial charge in [0, 0.05) is 18.6 Å². The highest BCUT2D eigenvalue weighted by Crippen LogP contribution is 2.37. The predicted octanol–water partition coefficient (Wildman–Crippen LogP) is 4.76. The molecule has 3 rings (SSSR count). The summed E-state index contributed by atoms with van der Waals surface area (Å²) in [6, 6.07) is 3.27. The van der Waals surface area contributed by atoms with Gasteiger partial charge >= 0.3 is 0 Å². The summed E-state index contributed by atoms with van der Waals surface area (Å²) in [6.07, 6.45) is 0.935. The normalized spacial score (nSPS) is 16.6. The summed E-state index contributed by atoms with van der Waals surface area (Å²) >= 11 is 6.23. The van der Waals surface area contributed by atoms with Gasteiger partial charge in [0.05, 0.1) is 10.3 Å². The van der Waals surface area contributed by atoms with Gasteiger partial charge in [-0.1, -0.05) is 46.2 Å². The van der Waals surface area contributed by atoms with Crippen LogP contribution in [-0.2, 0) is 20.0 Å². The summed E-state index contributed by atoms with van der Waals surface area (Å²) in [5.41, 5.74) is 0.462. The van der Waals surface area contributed by atoms with Gasteiger partial charge in [0.15, 0.2) is 15.4 Å². The Labute approximate surface area is 154 Å². The van der Waals surface area contributed by atoms with Crippen LogP contribution in [0.4, 0.5) is 0 Å². The molecule has 1 aromatic carbocycles. The first-order chi connectivity index (χ1) is 11.7. The Morgan fingerprint density at radius 3 is 2.32 bits per heavy atom. The van der Waals surface area contributed by atoms with Crippen LogP contribution in [0.15, 0.2) is 21.4 Å². The molecule has 1 fully saturated rings. The molecular weight excluding hydrogens is 362 g/mol. The van der Waals surface area contributed by atoms with Crippen molar-refractivity contribution in [1.29, 1.82) is 0 Å². The van der Waals surface area contributed by atoms with Crippen molar-refractivity contribution in [2.45, 2.75) is 63.0 Å². The van der Waals surface area contributed by atoms with E-state index in [0.29, 0.717) is 37.5 Å². The maximum Gasteiger partial charge on any atom is 0.200 e. The molecule has 1 aliphatic rings. The van der Waals surface area contributed by atoms with Gasteiger partial charge in [-0.05, 0) is 25.0 Å². The van der Waals surface area contributed by atoms with Crippen LogP contribution in [0.2, 0.25) is 5.02 Å². The molecule has 0 bridgehead atoms. The second-order valence-corrected chi connectivity index (χ2v) is 9.42. The average Bonchev–Trinajstić information content (AvgIpc) is 3.01. The summed E-state index contributed by atoms with van der Waals surface area (Å²) in [7, 11) is -3.60. The standard InChI is InChI=1S/C16H20ClNO4S.C2H6/c1-16(2,3)15-18-12-5-4-11(17)14(13(12)22-15)23(19,20)10-6-8-21-9-7-10;1-2/h4-5,10H,6-9H2,1-3H3;1-2H3. The summed E-state index contributed by atoms with van der Waals surface area (Å²) in [5.74, 6) is 0.498. The number of rotatable bonds is 2. The Morgan fingerprint density at radius 1 is 1.16 bits per heavy atom. The molecule has 0 saturated carbocycles. The molecule has 0 N–H and O–H groups in total. The highest BCUT2D eigenvalue weighted by Gasteiger charge is 2.35. The van der Waals surface area contributed by atoms with Gasteiger partial charge in [0.25, 0.3) is 0 Å². The Hall–Kier alpha value is -1.11. The Morgan fingerprint density at radius 2 is 1.76 bits per heavy atom. The third-order valence-electron chi connectivity index (χ3n) is 4.00. The van der Waals surface area contributed by atoms with E-state index in [9.17, 15) is 8.42 Å². The maximum atomic E-state index is 13.1. The van der Waals surface area contributed by atoms with E-state index in [1.165, 1.54) is 0 Å². The lowest BCUT2D eigenvalue weighted by molar-refractivity contribution is 0.0983. The van der Waals surface area contributed by atoms with Gasteiger partial charge in [0.2, 0.25) is 5.89 Å². The van der Waals surface area contributed by atoms with Gasteiger partial charge in [-0.15, -0.1) is 0 Å². The van der Waals surface area contributed by atoms with Crippen molar-refractivity contribution in [2.24, 2.45) is 0 Å². The van der Waals surface area contributed by atoms with E-state index in [1.54, 1.807) is 12.1 Å². The van der Waals surface area contributed by atoms with Crippen LogP contribution < -0.4 is 0 Å². The quantitative estimate of drug-likeness (QED) is 0.743. The number of oxazole rings is 1. The van der Waals surface area contributed by atoms with Crippen LogP contribution in [0.5, 0.6) is 0 Å². The van der Waals surface area contributed by atoms with Crippen molar-refractivity contribution in [2.75, 3.05) is 13.2 Å². The number of hydrogen-bond acceptors (Lipinski definition) is 5. The van der Waals surface area contributed by atoms with Gasteiger partial charge < -0.3 is 9.15 Å². The van der Waals surface area contributed by atoms with Crippen molar-refractivity contribution < 1.29 is 17.6 Å². The van der Waals surface area contributed by atoms with Crippen LogP contribution in [0.3, 0.4) is 0 Å². The number of fused-ring (bicyclic) bond motifs is 1. The van der Waals surface area contributed by atoms with Gasteiger partial charge in [0.1, 0.15) is 10.4 Å². The molecule has 140 valence electrons. The van der Waals surface area contributed by atoms with Crippen LogP contribution in [-0.4, -0.2) is 31.9 Å². The van der Waals surface area contributed by atoms with Crippen LogP contribution >= 0.6 is 11.6 Å². The number of hydrogen-bond donors (Lipinski definition) is 0. The van der Waals surface area contributed by atoms with Crippen molar-refractivity contribution in [1.82, 2.24) is 4.98 Å². The summed E-state index contributed by atoms with van der Waals surface area (Å²) < 4.78 is 37.2. The molecule has 0 spiro atoms. The van der Waals surface area contributed by atoms with E-state index in [4.69, 9.17) is 20.8 Å². The third-order valence-corrected chi connectivity index (χ3v) is 6.75. The fraction of sp³-hybridized carbons (Fsp3) is 0.611. The van der Waals surface area contributed by atoms with E-state index in [1.807, 2.05) is 34.6 Å². The number of nitrogens with zero attached hydrogens (tertiary/aromatic N) is 1. The first kappa shape index (κ1) is 20.2. The van der Waals surface area contributed by atoms with E-state index in [-0.39, 0.29) is 20.9 Å². The van der Waals surface area contributed by atoms with Gasteiger partial charge in [-0.3, -0.25) is 0 Å². The number of halogens is 1. The van der Waals surface area contributed by atoms with Crippen molar-refractivity contribution in [3.63, 3.8) is 0 Å². The first-order valence-corrected chi connectivity index (χ1v) is 10.5. The zero-order valence-corrected chi connectivity index (χ0v) is 17.0. The number of benzene rings is 1. The molecule has 1 aromatic heterocycles. The number of ether oxygens (including phenoxy) is 1. The van der Waals surface area contributed by atoms with E-state index >= 15 is 0 Å². The Balaban J connectivity index is 0.00000109. The average molecular weight is 388 g/mol. The van der Waals surface area contributed by atoms with E-state index in [0.717, 1.165) is 0 Å². The summed E-state index contributed by atoms with van der Waals surface area (Å²) in [5, 5.41) is -0.317. The fourth-order valence-corrected chi connectivity index (χ4v) is 5.04. The Kier molecular flexibility index (Phi) is 6.17. The minimum absolute atomic E-state index is 0.0616. The lowest BCUT2D eigenvalue weighted by Crippen LogP contribution is -2.29. The smallest absolute Gasteiger partial charge is 0.200 e. The largest absolute Gasteiger partial charge is 0.439 e. The third kappa shape index (κ3) is 4.01. The molecule has 2 aromatic rings. The molecule has 0 amide bonds. The molecule has 0 radical (unpaired) electrons. The minimum atomic E-state index is -3.60. The maximum absolute atomic E-state index is 13.1. The minimum Gasteiger partial charge on any atom is -0.439 e. The SMILES string of the molecule is CC.CC(C)(C)c1nc2ccc(Cl)c(S(=O)(=O)C3CCOCC3)c2o1. The van der Waals surface area contributed by atoms with Crippen molar-refractivity contribution in [3.05, 3.63) is 23.0 Å². The molecule has 25 heavy (non-hydrogen) atoms. The molecule has 0 unspecified atom stereocenters. The number of aromatic nitrogens is 1. The van der Waals surface area contributed by atoms with Gasteiger partial charge in [-0.2, -0.15) is 0 Å². The fourth-order valence-electron chi connectivity index (χ4n) is 2.68. The molecule has 2 heterocycles. The van der Waals surface area contributed by atoms with E-state index < -0.39 is 15.1 Å². The second kappa shape index (κ2) is 7.64. The van der Waals surface area contributed by atoms with Crippen LogP contribution in [0.1, 0.15) is 53.4 Å². The molecule has 1 saturated heterocycles. The monoisotopic (exact) mass is 387 g/mol. The molecular formula is C18H26ClNO4S. The molecule has 5 nitrogen and oxygen atoms in total. The molecule has 1 aliphatic heterocycles. The zero-order valence-electron chi connectivity index (χ0n) is 15.4. The molecule has 0 aliphatic carbocycles. The molecule has 7 heteroatoms. The lowest BCUT2D eigenvalue weighted by Gasteiger charge is -2.22. The highest BCUT2D eigenvalue weighted by molar-refractivity contribution is 7.92. The zero-order chi connectivity index (χ0) is 18.8. The number of sulfone groups is 1. The van der Waals surface area contributed by atoms with Crippen molar-refractivity contribution in [3.8, 4) is 0 Å². The van der Waals surface area contributed by atoms with Crippen LogP contribution in [0, 0.1) is 0 Å². The first-order valence-electron chi connectivity index (χ1n) is 8.62. The lowest BCUT2D eigenvalue weighted by atomic mass is 9.97. The van der Waals surface area contributed by atoms with E-state index in [2.05, 4.69) is 4.98 Å². The summed E-state index contributed by atoms with van der Waals surface area (Å²) in [6.45, 7) is 10.8. The predicted molar refractivity (Wildman–Crippen MR) is 100 cm³/mol. The summed E-state index contributed by atoms with van der Waals surface area (Å²) in [4.78, 5) is 4.49. The van der Waals surface area contributed by atoms with Crippen LogP contribution in [0.25, 0.3) is 11.1 Å². The van der Waals surface area contributed by atoms with Crippen molar-refractivity contribution >= 4 is 32.5 Å². The van der Waals surface area contributed by atoms with Gasteiger partial charge in [-0.25, -0.2) is 13.4 Å². The highest BCUT2D eigenvalue weighted by atomic mass is 35.5. The topological polar surface area (TPSA) is 69.4 Å². The molecule has 0 atom stereocenters. The second-order valence-electron chi connectivity index (χ2n) is 6.85.